The third-order valence-corrected chi connectivity index (χ3v) is 5.17. The summed E-state index contributed by atoms with van der Waals surface area (Å²) in [5.74, 6) is 0. The minimum absolute atomic E-state index is 0.224. The van der Waals surface area contributed by atoms with Crippen molar-refractivity contribution in [3.63, 3.8) is 0 Å². The van der Waals surface area contributed by atoms with E-state index in [0.717, 1.165) is 58.0 Å². The Morgan fingerprint density at radius 2 is 1.10 bits per heavy atom. The summed E-state index contributed by atoms with van der Waals surface area (Å²) in [6.07, 6.45) is 6.96. The molecule has 1 fully saturated rings. The summed E-state index contributed by atoms with van der Waals surface area (Å²) in [5.41, 5.74) is 0. The van der Waals surface area contributed by atoms with Crippen molar-refractivity contribution in [1.82, 2.24) is 0 Å². The van der Waals surface area contributed by atoms with E-state index in [0.29, 0.717) is 26.4 Å². The summed E-state index contributed by atoms with van der Waals surface area (Å²) in [6, 6.07) is 0. The van der Waals surface area contributed by atoms with Gasteiger partial charge in [-0.2, -0.15) is 0 Å². The van der Waals surface area contributed by atoms with Crippen LogP contribution in [0.2, 0.25) is 0 Å². The molecule has 5 atom stereocenters. The van der Waals surface area contributed by atoms with E-state index in [1.165, 1.54) is 0 Å². The first kappa shape index (κ1) is 26.8. The number of hydrogen-bond acceptors (Lipinski definition) is 6. The average molecular weight is 419 g/mol. The fourth-order valence-electron chi connectivity index (χ4n) is 3.31. The average Bonchev–Trinajstić information content (AvgIpc) is 2.73. The van der Waals surface area contributed by atoms with E-state index in [4.69, 9.17) is 28.4 Å². The van der Waals surface area contributed by atoms with Crippen LogP contribution in [0.15, 0.2) is 0 Å². The summed E-state index contributed by atoms with van der Waals surface area (Å²) < 4.78 is 36.7. The lowest BCUT2D eigenvalue weighted by Crippen LogP contribution is -2.62. The molecule has 1 aliphatic heterocycles. The number of methoxy groups -OCH3 is 1. The van der Waals surface area contributed by atoms with Gasteiger partial charge in [0.05, 0.1) is 6.61 Å². The minimum Gasteiger partial charge on any atom is -0.379 e. The van der Waals surface area contributed by atoms with Gasteiger partial charge in [-0.1, -0.05) is 53.4 Å². The first-order chi connectivity index (χ1) is 14.2. The van der Waals surface area contributed by atoms with Gasteiger partial charge in [0.25, 0.3) is 0 Å². The van der Waals surface area contributed by atoms with E-state index < -0.39 is 6.29 Å². The predicted molar refractivity (Wildman–Crippen MR) is 115 cm³/mol. The minimum atomic E-state index is -0.482. The van der Waals surface area contributed by atoms with Gasteiger partial charge in [-0.25, -0.2) is 0 Å². The van der Waals surface area contributed by atoms with Gasteiger partial charge < -0.3 is 28.4 Å². The summed E-state index contributed by atoms with van der Waals surface area (Å²) in [7, 11) is 1.66. The van der Waals surface area contributed by atoms with Crippen LogP contribution in [-0.2, 0) is 28.4 Å². The molecule has 5 unspecified atom stereocenters. The Labute approximate surface area is 178 Å². The molecule has 174 valence electrons. The third-order valence-electron chi connectivity index (χ3n) is 5.17. The van der Waals surface area contributed by atoms with E-state index in [1.54, 1.807) is 7.11 Å². The molecule has 6 heteroatoms. The number of unbranched alkanes of at least 4 members (excludes halogenated alkanes) is 4. The maximum atomic E-state index is 6.33. The van der Waals surface area contributed by atoms with Crippen molar-refractivity contribution in [2.45, 2.75) is 110 Å². The molecule has 0 saturated carbocycles. The zero-order chi connectivity index (χ0) is 21.3. The van der Waals surface area contributed by atoms with Gasteiger partial charge in [-0.15, -0.1) is 0 Å². The fraction of sp³-hybridized carbons (Fsp3) is 1.00. The van der Waals surface area contributed by atoms with Crippen molar-refractivity contribution in [2.24, 2.45) is 0 Å². The molecule has 0 aliphatic carbocycles. The lowest BCUT2D eigenvalue weighted by Gasteiger charge is -2.45. The molecular formula is C23H46O6. The molecule has 1 heterocycles. The molecule has 0 aromatic rings. The summed E-state index contributed by atoms with van der Waals surface area (Å²) in [4.78, 5) is 0. The summed E-state index contributed by atoms with van der Waals surface area (Å²) in [6.45, 7) is 11.9. The van der Waals surface area contributed by atoms with E-state index in [-0.39, 0.29) is 24.4 Å². The highest BCUT2D eigenvalue weighted by atomic mass is 16.7. The van der Waals surface area contributed by atoms with E-state index >= 15 is 0 Å². The molecule has 0 spiro atoms. The Balaban J connectivity index is 2.92. The van der Waals surface area contributed by atoms with Gasteiger partial charge in [-0.3, -0.25) is 0 Å². The molecule has 0 N–H and O–H groups in total. The van der Waals surface area contributed by atoms with Crippen LogP contribution in [0.1, 0.15) is 79.1 Å². The van der Waals surface area contributed by atoms with Crippen LogP contribution in [-0.4, -0.2) is 70.9 Å². The standard InChI is InChI=1S/C23H46O6/c1-6-10-14-25-18-19-20(26-15-11-7-2)21(27-16-12-8-3)22(23(24-5)29-19)28-17-13-9-4/h19-23H,6-18H2,1-5H3. The van der Waals surface area contributed by atoms with Crippen LogP contribution in [0, 0.1) is 0 Å². The molecule has 0 aromatic carbocycles. The Bertz CT molecular complexity index is 367. The highest BCUT2D eigenvalue weighted by molar-refractivity contribution is 4.93. The Morgan fingerprint density at radius 3 is 1.62 bits per heavy atom. The maximum absolute atomic E-state index is 6.33. The number of ether oxygens (including phenoxy) is 6. The second kappa shape index (κ2) is 17.4. The largest absolute Gasteiger partial charge is 0.379 e. The SMILES string of the molecule is CCCCOCC1OC(OC)C(OCCCC)C(OCCCC)C1OCCCC. The van der Waals surface area contributed by atoms with Gasteiger partial charge in [0.2, 0.25) is 0 Å². The third kappa shape index (κ3) is 10.1. The lowest BCUT2D eigenvalue weighted by molar-refractivity contribution is -0.318. The molecule has 0 bridgehead atoms. The Kier molecular flexibility index (Phi) is 16.1. The Morgan fingerprint density at radius 1 is 0.621 bits per heavy atom. The summed E-state index contributed by atoms with van der Waals surface area (Å²) >= 11 is 0. The molecule has 0 amide bonds. The molecule has 1 saturated heterocycles. The Hall–Kier alpha value is -0.240. The number of rotatable bonds is 18. The fourth-order valence-corrected chi connectivity index (χ4v) is 3.31. The smallest absolute Gasteiger partial charge is 0.186 e. The summed E-state index contributed by atoms with van der Waals surface area (Å²) in [5, 5.41) is 0. The van der Waals surface area contributed by atoms with Gasteiger partial charge in [0, 0.05) is 33.5 Å². The predicted octanol–water partition coefficient (Wildman–Crippen LogP) is 4.73. The first-order valence-electron chi connectivity index (χ1n) is 11.8. The molecule has 0 radical (unpaired) electrons. The molecular weight excluding hydrogens is 372 g/mol. The quantitative estimate of drug-likeness (QED) is 0.300. The van der Waals surface area contributed by atoms with Crippen molar-refractivity contribution in [2.75, 3.05) is 40.1 Å². The van der Waals surface area contributed by atoms with Gasteiger partial charge >= 0.3 is 0 Å². The lowest BCUT2D eigenvalue weighted by atomic mass is 9.98. The van der Waals surface area contributed by atoms with Crippen molar-refractivity contribution < 1.29 is 28.4 Å². The van der Waals surface area contributed by atoms with Crippen LogP contribution >= 0.6 is 0 Å². The highest BCUT2D eigenvalue weighted by Crippen LogP contribution is 2.29. The van der Waals surface area contributed by atoms with E-state index in [2.05, 4.69) is 27.7 Å². The van der Waals surface area contributed by atoms with Crippen LogP contribution < -0.4 is 0 Å². The zero-order valence-corrected chi connectivity index (χ0v) is 19.5. The van der Waals surface area contributed by atoms with E-state index in [1.807, 2.05) is 0 Å². The second-order valence-corrected chi connectivity index (χ2v) is 7.77. The van der Waals surface area contributed by atoms with Crippen LogP contribution in [0.25, 0.3) is 0 Å². The van der Waals surface area contributed by atoms with Gasteiger partial charge in [0.15, 0.2) is 6.29 Å². The molecule has 0 aromatic heterocycles. The molecule has 6 nitrogen and oxygen atoms in total. The normalized spacial score (nSPS) is 27.4. The van der Waals surface area contributed by atoms with Crippen molar-refractivity contribution in [3.8, 4) is 0 Å². The molecule has 29 heavy (non-hydrogen) atoms. The van der Waals surface area contributed by atoms with Crippen molar-refractivity contribution in [3.05, 3.63) is 0 Å². The monoisotopic (exact) mass is 418 g/mol. The zero-order valence-electron chi connectivity index (χ0n) is 19.5. The van der Waals surface area contributed by atoms with Crippen LogP contribution in [0.3, 0.4) is 0 Å². The second-order valence-electron chi connectivity index (χ2n) is 7.77. The molecule has 1 aliphatic rings. The van der Waals surface area contributed by atoms with Crippen LogP contribution in [0.5, 0.6) is 0 Å². The first-order valence-corrected chi connectivity index (χ1v) is 11.8. The van der Waals surface area contributed by atoms with E-state index in [9.17, 15) is 0 Å². The molecule has 1 rings (SSSR count). The van der Waals surface area contributed by atoms with Crippen molar-refractivity contribution in [1.29, 1.82) is 0 Å². The van der Waals surface area contributed by atoms with Crippen molar-refractivity contribution >= 4 is 0 Å². The van der Waals surface area contributed by atoms with Gasteiger partial charge in [0.1, 0.15) is 24.4 Å². The highest BCUT2D eigenvalue weighted by Gasteiger charge is 2.48. The van der Waals surface area contributed by atoms with Crippen LogP contribution in [0.4, 0.5) is 0 Å². The number of hydrogen-bond donors (Lipinski definition) is 0. The van der Waals surface area contributed by atoms with Gasteiger partial charge in [-0.05, 0) is 25.7 Å². The maximum Gasteiger partial charge on any atom is 0.186 e. The topological polar surface area (TPSA) is 55.4 Å².